The molecule has 2 N–H and O–H groups in total. The van der Waals surface area contributed by atoms with E-state index in [9.17, 15) is 9.59 Å². The molecule has 124 valence electrons. The van der Waals surface area contributed by atoms with E-state index in [1.807, 2.05) is 35.2 Å². The van der Waals surface area contributed by atoms with Gasteiger partial charge in [0, 0.05) is 26.2 Å². The first-order valence-electron chi connectivity index (χ1n) is 8.10. The number of hydrogen-bond donors (Lipinski definition) is 2. The Hall–Kier alpha value is -2.08. The number of nitrogens with one attached hydrogen (secondary N) is 2. The van der Waals surface area contributed by atoms with Gasteiger partial charge < -0.3 is 20.3 Å². The Bertz CT molecular complexity index is 547. The van der Waals surface area contributed by atoms with E-state index >= 15 is 0 Å². The Kier molecular flexibility index (Phi) is 4.81. The van der Waals surface area contributed by atoms with Crippen molar-refractivity contribution in [1.82, 2.24) is 15.5 Å². The summed E-state index contributed by atoms with van der Waals surface area (Å²) in [5.41, 5.74) is 1.34. The van der Waals surface area contributed by atoms with Crippen LogP contribution < -0.4 is 10.6 Å². The second-order valence-electron chi connectivity index (χ2n) is 6.40. The van der Waals surface area contributed by atoms with Crippen LogP contribution in [0.4, 0.5) is 4.79 Å². The first-order valence-corrected chi connectivity index (χ1v) is 8.10. The highest BCUT2D eigenvalue weighted by atomic mass is 16.5. The molecular weight excluding hydrogens is 294 g/mol. The lowest BCUT2D eigenvalue weighted by Gasteiger charge is -2.48. The van der Waals surface area contributed by atoms with Gasteiger partial charge in [0.1, 0.15) is 13.2 Å². The Morgan fingerprint density at radius 1 is 1.17 bits per heavy atom. The van der Waals surface area contributed by atoms with E-state index in [0.717, 1.165) is 44.6 Å². The number of rotatable bonds is 4. The second-order valence-corrected chi connectivity index (χ2v) is 6.40. The van der Waals surface area contributed by atoms with E-state index in [1.54, 1.807) is 0 Å². The zero-order valence-electron chi connectivity index (χ0n) is 13.2. The van der Waals surface area contributed by atoms with Gasteiger partial charge in [-0.3, -0.25) is 4.79 Å². The number of hydrogen-bond acceptors (Lipinski definition) is 4. The fourth-order valence-corrected chi connectivity index (χ4v) is 3.10. The summed E-state index contributed by atoms with van der Waals surface area (Å²) in [4.78, 5) is 25.6. The fraction of sp³-hybridized carbons (Fsp3) is 0.529. The van der Waals surface area contributed by atoms with Crippen LogP contribution in [0.15, 0.2) is 30.3 Å². The van der Waals surface area contributed by atoms with Gasteiger partial charge in [-0.15, -0.1) is 0 Å². The van der Waals surface area contributed by atoms with Crippen LogP contribution in [0.3, 0.4) is 0 Å². The lowest BCUT2D eigenvalue weighted by Crippen LogP contribution is -2.59. The minimum atomic E-state index is -0.557. The zero-order valence-corrected chi connectivity index (χ0v) is 13.2. The van der Waals surface area contributed by atoms with E-state index in [1.165, 1.54) is 0 Å². The van der Waals surface area contributed by atoms with Crippen LogP contribution >= 0.6 is 0 Å². The predicted octanol–water partition coefficient (Wildman–Crippen LogP) is 1.12. The van der Waals surface area contributed by atoms with Crippen molar-refractivity contribution >= 4 is 12.0 Å². The quantitative estimate of drug-likeness (QED) is 0.873. The summed E-state index contributed by atoms with van der Waals surface area (Å²) in [5.74, 6) is -0.0382. The third-order valence-electron chi connectivity index (χ3n) is 4.77. The minimum absolute atomic E-state index is 0.00112. The number of piperidine rings is 1. The number of carbonyl (C=O) groups is 2. The third-order valence-corrected chi connectivity index (χ3v) is 4.77. The predicted molar refractivity (Wildman–Crippen MR) is 85.7 cm³/mol. The molecule has 2 aliphatic rings. The van der Waals surface area contributed by atoms with Crippen LogP contribution in [0.5, 0.6) is 0 Å². The molecule has 0 atom stereocenters. The van der Waals surface area contributed by atoms with Gasteiger partial charge >= 0.3 is 6.09 Å². The number of benzene rings is 1. The molecule has 0 unspecified atom stereocenters. The maximum atomic E-state index is 12.1. The van der Waals surface area contributed by atoms with Gasteiger partial charge in [0.2, 0.25) is 5.91 Å². The summed E-state index contributed by atoms with van der Waals surface area (Å²) in [6.07, 6.45) is 1.54. The number of nitrogens with zero attached hydrogens (tertiary/aromatic N) is 1. The summed E-state index contributed by atoms with van der Waals surface area (Å²) >= 11 is 0. The standard InChI is InChI=1S/C17H23N3O3/c21-15(20-8-6-17(7-9-20)12-18-13-17)10-19-16(22)23-11-14-4-2-1-3-5-14/h1-5,18H,6-13H2,(H,19,22). The molecule has 0 saturated carbocycles. The van der Waals surface area contributed by atoms with Crippen molar-refractivity contribution in [3.63, 3.8) is 0 Å². The smallest absolute Gasteiger partial charge is 0.407 e. The number of amides is 2. The van der Waals surface area contributed by atoms with Gasteiger partial charge in [0.05, 0.1) is 0 Å². The first-order chi connectivity index (χ1) is 11.2. The summed E-state index contributed by atoms with van der Waals surface area (Å²) in [6.45, 7) is 3.90. The molecule has 0 bridgehead atoms. The highest BCUT2D eigenvalue weighted by Gasteiger charge is 2.40. The highest BCUT2D eigenvalue weighted by molar-refractivity contribution is 5.82. The van der Waals surface area contributed by atoms with Crippen molar-refractivity contribution in [1.29, 1.82) is 0 Å². The molecule has 0 aliphatic carbocycles. The lowest BCUT2D eigenvalue weighted by molar-refractivity contribution is -0.133. The number of ether oxygens (including phenoxy) is 1. The summed E-state index contributed by atoms with van der Waals surface area (Å²) in [5, 5.41) is 5.84. The van der Waals surface area contributed by atoms with Gasteiger partial charge in [-0.25, -0.2) is 4.79 Å². The largest absolute Gasteiger partial charge is 0.445 e. The molecule has 2 saturated heterocycles. The van der Waals surface area contributed by atoms with E-state index in [4.69, 9.17) is 4.74 Å². The summed E-state index contributed by atoms with van der Waals surface area (Å²) in [7, 11) is 0. The lowest BCUT2D eigenvalue weighted by atomic mass is 9.73. The van der Waals surface area contributed by atoms with Crippen LogP contribution in [0.25, 0.3) is 0 Å². The maximum absolute atomic E-state index is 12.1. The third kappa shape index (κ3) is 4.01. The molecule has 23 heavy (non-hydrogen) atoms. The molecule has 2 aliphatic heterocycles. The normalized spacial score (nSPS) is 19.0. The van der Waals surface area contributed by atoms with E-state index in [-0.39, 0.29) is 19.1 Å². The van der Waals surface area contributed by atoms with Crippen LogP contribution in [-0.4, -0.2) is 49.6 Å². The molecule has 6 nitrogen and oxygen atoms in total. The SMILES string of the molecule is O=C(NCC(=O)N1CCC2(CC1)CNC2)OCc1ccccc1. The van der Waals surface area contributed by atoms with Crippen LogP contribution in [0.1, 0.15) is 18.4 Å². The number of alkyl carbamates (subject to hydrolysis) is 1. The summed E-state index contributed by atoms with van der Waals surface area (Å²) in [6, 6.07) is 9.46. The van der Waals surface area contributed by atoms with Crippen molar-refractivity contribution in [2.45, 2.75) is 19.4 Å². The first kappa shape index (κ1) is 15.8. The molecule has 2 fully saturated rings. The van der Waals surface area contributed by atoms with Crippen LogP contribution in [0, 0.1) is 5.41 Å². The van der Waals surface area contributed by atoms with Crippen molar-refractivity contribution in [2.24, 2.45) is 5.41 Å². The highest BCUT2D eigenvalue weighted by Crippen LogP contribution is 2.34. The topological polar surface area (TPSA) is 70.7 Å². The summed E-state index contributed by atoms with van der Waals surface area (Å²) < 4.78 is 5.10. The Morgan fingerprint density at radius 2 is 1.87 bits per heavy atom. The number of likely N-dealkylation sites (tertiary alicyclic amines) is 1. The van der Waals surface area contributed by atoms with Gasteiger partial charge in [0.25, 0.3) is 0 Å². The molecule has 3 rings (SSSR count). The minimum Gasteiger partial charge on any atom is -0.445 e. The molecule has 6 heteroatoms. The molecule has 0 radical (unpaired) electrons. The molecule has 1 aromatic rings. The van der Waals surface area contributed by atoms with Crippen molar-refractivity contribution in [3.05, 3.63) is 35.9 Å². The zero-order chi connectivity index (χ0) is 16.1. The average molecular weight is 317 g/mol. The van der Waals surface area contributed by atoms with E-state index in [0.29, 0.717) is 5.41 Å². The van der Waals surface area contributed by atoms with Crippen molar-refractivity contribution < 1.29 is 14.3 Å². The molecular formula is C17H23N3O3. The Labute approximate surface area is 136 Å². The Morgan fingerprint density at radius 3 is 2.48 bits per heavy atom. The van der Waals surface area contributed by atoms with Crippen molar-refractivity contribution in [3.8, 4) is 0 Å². The van der Waals surface area contributed by atoms with Gasteiger partial charge in [-0.05, 0) is 23.8 Å². The van der Waals surface area contributed by atoms with E-state index in [2.05, 4.69) is 10.6 Å². The van der Waals surface area contributed by atoms with Crippen LogP contribution in [-0.2, 0) is 16.1 Å². The molecule has 1 spiro atoms. The monoisotopic (exact) mass is 317 g/mol. The van der Waals surface area contributed by atoms with Crippen LogP contribution in [0.2, 0.25) is 0 Å². The fourth-order valence-electron chi connectivity index (χ4n) is 3.10. The van der Waals surface area contributed by atoms with Gasteiger partial charge in [-0.1, -0.05) is 30.3 Å². The molecule has 0 aromatic heterocycles. The van der Waals surface area contributed by atoms with Gasteiger partial charge in [0.15, 0.2) is 0 Å². The Balaban J connectivity index is 1.35. The maximum Gasteiger partial charge on any atom is 0.407 e. The molecule has 1 aromatic carbocycles. The molecule has 2 amide bonds. The second kappa shape index (κ2) is 7.00. The molecule has 2 heterocycles. The van der Waals surface area contributed by atoms with Gasteiger partial charge in [-0.2, -0.15) is 0 Å². The average Bonchev–Trinajstić information content (AvgIpc) is 2.57. The van der Waals surface area contributed by atoms with Crippen molar-refractivity contribution in [2.75, 3.05) is 32.7 Å². The van der Waals surface area contributed by atoms with E-state index < -0.39 is 6.09 Å². The number of carbonyl (C=O) groups excluding carboxylic acids is 2.